The summed E-state index contributed by atoms with van der Waals surface area (Å²) in [7, 11) is 0. The van der Waals surface area contributed by atoms with Crippen LogP contribution >= 0.6 is 0 Å². The maximum absolute atomic E-state index is 8.83. The van der Waals surface area contributed by atoms with Crippen LogP contribution in [0.4, 0.5) is 0 Å². The van der Waals surface area contributed by atoms with Crippen molar-refractivity contribution in [1.82, 2.24) is 25.1 Å². The zero-order valence-corrected chi connectivity index (χ0v) is 9.78. The second-order valence-electron chi connectivity index (χ2n) is 3.79. The van der Waals surface area contributed by atoms with Crippen LogP contribution < -0.4 is 0 Å². The quantitative estimate of drug-likeness (QED) is 0.746. The second kappa shape index (κ2) is 4.66. The molecule has 6 heteroatoms. The van der Waals surface area contributed by atoms with Crippen LogP contribution in [0.25, 0.3) is 22.8 Å². The topological polar surface area (TPSA) is 91.1 Å². The molecule has 0 aliphatic rings. The molecule has 90 valence electrons. The molecule has 6 nitrogen and oxygen atoms in total. The number of hydrogen-bond donors (Lipinski definition) is 1. The Morgan fingerprint density at radius 1 is 1.16 bits per heavy atom. The van der Waals surface area contributed by atoms with Crippen LogP contribution in [0, 0.1) is 11.3 Å². The molecule has 3 rings (SSSR count). The Hall–Kier alpha value is -3.07. The van der Waals surface area contributed by atoms with E-state index < -0.39 is 0 Å². The maximum atomic E-state index is 8.83. The Labute approximate surface area is 108 Å². The molecule has 0 spiro atoms. The van der Waals surface area contributed by atoms with E-state index in [9.17, 15) is 0 Å². The number of hydrogen-bond acceptors (Lipinski definition) is 5. The number of pyridine rings is 2. The van der Waals surface area contributed by atoms with Crippen molar-refractivity contribution < 1.29 is 0 Å². The molecular weight excluding hydrogens is 240 g/mol. The van der Waals surface area contributed by atoms with Gasteiger partial charge in [-0.2, -0.15) is 10.4 Å². The fourth-order valence-electron chi connectivity index (χ4n) is 1.65. The van der Waals surface area contributed by atoms with Crippen molar-refractivity contribution in [3.8, 4) is 28.8 Å². The van der Waals surface area contributed by atoms with Gasteiger partial charge in [0.05, 0.1) is 0 Å². The predicted octanol–water partition coefficient (Wildman–Crippen LogP) is 1.80. The van der Waals surface area contributed by atoms with Gasteiger partial charge >= 0.3 is 0 Å². The fraction of sp³-hybridized carbons (Fsp3) is 0. The van der Waals surface area contributed by atoms with Crippen molar-refractivity contribution in [2.75, 3.05) is 0 Å². The van der Waals surface area contributed by atoms with Crippen molar-refractivity contribution in [3.05, 3.63) is 48.5 Å². The van der Waals surface area contributed by atoms with Crippen LogP contribution in [0.3, 0.4) is 0 Å². The number of rotatable bonds is 2. The molecule has 0 radical (unpaired) electrons. The minimum atomic E-state index is 0.344. The van der Waals surface area contributed by atoms with Crippen molar-refractivity contribution in [1.29, 1.82) is 5.26 Å². The monoisotopic (exact) mass is 248 g/mol. The summed E-state index contributed by atoms with van der Waals surface area (Å²) in [6, 6.07) is 9.13. The van der Waals surface area contributed by atoms with Gasteiger partial charge in [-0.3, -0.25) is 10.1 Å². The Bertz CT molecular complexity index is 741. The van der Waals surface area contributed by atoms with Crippen LogP contribution in [0.1, 0.15) is 5.69 Å². The first-order chi connectivity index (χ1) is 9.36. The van der Waals surface area contributed by atoms with E-state index >= 15 is 0 Å². The largest absolute Gasteiger partial charge is 0.264 e. The Balaban J connectivity index is 2.00. The van der Waals surface area contributed by atoms with Gasteiger partial charge in [0.2, 0.25) is 0 Å². The first kappa shape index (κ1) is 11.0. The lowest BCUT2D eigenvalue weighted by Crippen LogP contribution is -1.86. The van der Waals surface area contributed by atoms with Crippen molar-refractivity contribution in [2.24, 2.45) is 0 Å². The van der Waals surface area contributed by atoms with E-state index in [0.29, 0.717) is 17.3 Å². The molecule has 0 saturated carbocycles. The molecule has 0 aliphatic heterocycles. The third-order valence-corrected chi connectivity index (χ3v) is 2.55. The lowest BCUT2D eigenvalue weighted by atomic mass is 10.2. The summed E-state index contributed by atoms with van der Waals surface area (Å²) in [5.41, 5.74) is 1.95. The summed E-state index contributed by atoms with van der Waals surface area (Å²) >= 11 is 0. The number of H-pyrrole nitrogens is 1. The van der Waals surface area contributed by atoms with Crippen LogP contribution in [0.2, 0.25) is 0 Å². The highest BCUT2D eigenvalue weighted by Crippen LogP contribution is 2.19. The summed E-state index contributed by atoms with van der Waals surface area (Å²) in [5, 5.41) is 15.8. The molecule has 0 aliphatic carbocycles. The molecule has 1 N–H and O–H groups in total. The molecule has 3 aromatic heterocycles. The van der Waals surface area contributed by atoms with Crippen LogP contribution in [-0.2, 0) is 0 Å². The van der Waals surface area contributed by atoms with E-state index in [4.69, 9.17) is 5.26 Å². The molecule has 0 fully saturated rings. The normalized spacial score (nSPS) is 10.1. The predicted molar refractivity (Wildman–Crippen MR) is 67.6 cm³/mol. The van der Waals surface area contributed by atoms with Crippen LogP contribution in [0.15, 0.2) is 42.9 Å². The highest BCUT2D eigenvalue weighted by Gasteiger charge is 2.08. The van der Waals surface area contributed by atoms with Crippen LogP contribution in [0.5, 0.6) is 0 Å². The summed E-state index contributed by atoms with van der Waals surface area (Å²) in [6.07, 6.45) is 4.96. The molecule has 0 bridgehead atoms. The van der Waals surface area contributed by atoms with Gasteiger partial charge < -0.3 is 0 Å². The zero-order chi connectivity index (χ0) is 13.1. The number of nitriles is 1. The van der Waals surface area contributed by atoms with Gasteiger partial charge in [0, 0.05) is 29.7 Å². The lowest BCUT2D eigenvalue weighted by Gasteiger charge is -1.95. The number of nitrogens with one attached hydrogen (secondary N) is 1. The Kier molecular flexibility index (Phi) is 2.71. The highest BCUT2D eigenvalue weighted by molar-refractivity contribution is 5.60. The Morgan fingerprint density at radius 3 is 2.89 bits per heavy atom. The molecule has 0 aromatic carbocycles. The van der Waals surface area contributed by atoms with Crippen molar-refractivity contribution >= 4 is 0 Å². The highest BCUT2D eigenvalue weighted by atomic mass is 15.2. The van der Waals surface area contributed by atoms with E-state index in [-0.39, 0.29) is 0 Å². The summed E-state index contributed by atoms with van der Waals surface area (Å²) in [4.78, 5) is 12.3. The molecule has 0 saturated heterocycles. The average Bonchev–Trinajstić information content (AvgIpc) is 2.98. The Morgan fingerprint density at radius 2 is 2.11 bits per heavy atom. The van der Waals surface area contributed by atoms with Crippen LogP contribution in [-0.4, -0.2) is 25.1 Å². The molecule has 3 aromatic rings. The standard InChI is InChI=1S/C13H8N6/c14-7-11-6-9(3-5-16-11)12-17-13(19-18-12)10-2-1-4-15-8-10/h1-6,8H,(H,17,18,19). The number of nitrogens with zero attached hydrogens (tertiary/aromatic N) is 5. The summed E-state index contributed by atoms with van der Waals surface area (Å²) in [5.74, 6) is 1.16. The summed E-state index contributed by atoms with van der Waals surface area (Å²) < 4.78 is 0. The van der Waals surface area contributed by atoms with Crippen molar-refractivity contribution in [2.45, 2.75) is 0 Å². The van der Waals surface area contributed by atoms with Gasteiger partial charge in [-0.05, 0) is 24.3 Å². The smallest absolute Gasteiger partial charge is 0.183 e. The van der Waals surface area contributed by atoms with E-state index in [0.717, 1.165) is 11.1 Å². The molecule has 0 amide bonds. The molecule has 3 heterocycles. The van der Waals surface area contributed by atoms with Crippen molar-refractivity contribution in [3.63, 3.8) is 0 Å². The van der Waals surface area contributed by atoms with Gasteiger partial charge in [0.15, 0.2) is 11.6 Å². The van der Waals surface area contributed by atoms with Gasteiger partial charge in [-0.25, -0.2) is 9.97 Å². The number of aromatic amines is 1. The fourth-order valence-corrected chi connectivity index (χ4v) is 1.65. The minimum absolute atomic E-state index is 0.344. The van der Waals surface area contributed by atoms with Gasteiger partial charge in [-0.1, -0.05) is 0 Å². The van der Waals surface area contributed by atoms with E-state index in [1.807, 2.05) is 18.2 Å². The minimum Gasteiger partial charge on any atom is -0.264 e. The van der Waals surface area contributed by atoms with Gasteiger partial charge in [-0.15, -0.1) is 0 Å². The first-order valence-corrected chi connectivity index (χ1v) is 5.56. The lowest BCUT2D eigenvalue weighted by molar-refractivity contribution is 1.09. The first-order valence-electron chi connectivity index (χ1n) is 5.56. The molecule has 0 unspecified atom stereocenters. The average molecular weight is 248 g/mol. The molecule has 19 heavy (non-hydrogen) atoms. The maximum Gasteiger partial charge on any atom is 0.183 e. The van der Waals surface area contributed by atoms with Gasteiger partial charge in [0.1, 0.15) is 11.8 Å². The third-order valence-electron chi connectivity index (χ3n) is 2.55. The SMILES string of the molecule is N#Cc1cc(-c2nc(-c3cccnc3)n[nH]2)ccn1. The van der Waals surface area contributed by atoms with Gasteiger partial charge in [0.25, 0.3) is 0 Å². The second-order valence-corrected chi connectivity index (χ2v) is 3.79. The van der Waals surface area contributed by atoms with E-state index in [1.165, 1.54) is 0 Å². The molecular formula is C13H8N6. The van der Waals surface area contributed by atoms with E-state index in [1.54, 1.807) is 30.7 Å². The van der Waals surface area contributed by atoms with E-state index in [2.05, 4.69) is 25.1 Å². The molecule has 0 atom stereocenters. The number of aromatic nitrogens is 5. The summed E-state index contributed by atoms with van der Waals surface area (Å²) in [6.45, 7) is 0. The zero-order valence-electron chi connectivity index (χ0n) is 9.78. The third kappa shape index (κ3) is 2.17.